The Balaban J connectivity index is 1.85. The molecule has 0 fully saturated rings. The number of para-hydroxylation sites is 1. The van der Waals surface area contributed by atoms with E-state index in [0.29, 0.717) is 42.8 Å². The van der Waals surface area contributed by atoms with Gasteiger partial charge in [0, 0.05) is 19.1 Å². The minimum Gasteiger partial charge on any atom is -0.496 e. The lowest BCUT2D eigenvalue weighted by atomic mass is 10.1. The summed E-state index contributed by atoms with van der Waals surface area (Å²) in [6.07, 6.45) is 0. The molecule has 10 heteroatoms. The highest BCUT2D eigenvalue weighted by Gasteiger charge is 2.28. The second-order valence-corrected chi connectivity index (χ2v) is 8.20. The monoisotopic (exact) mass is 447 g/mol. The third-order valence-corrected chi connectivity index (χ3v) is 5.80. The van der Waals surface area contributed by atoms with Crippen LogP contribution < -0.4 is 14.2 Å². The van der Waals surface area contributed by atoms with Crippen LogP contribution in [0.4, 0.5) is 0 Å². The summed E-state index contributed by atoms with van der Waals surface area (Å²) in [6.45, 7) is 4.99. The molecule has 3 aromatic rings. The van der Waals surface area contributed by atoms with Crippen LogP contribution in [0, 0.1) is 6.92 Å². The smallest absolute Gasteiger partial charge is 0.241 e. The van der Waals surface area contributed by atoms with E-state index in [9.17, 15) is 8.42 Å². The first kappa shape index (κ1) is 22.7. The molecule has 0 radical (unpaired) electrons. The number of methoxy groups -OCH3 is 1. The number of hydrogen-bond acceptors (Lipinski definition) is 8. The third kappa shape index (κ3) is 5.81. The molecule has 1 N–H and O–H groups in total. The SMILES string of the molecule is CCOCCOc1ccc(S(=O)(=O)NC(c2noc(C)n2)c2ccccc2OC)cc1. The standard InChI is InChI=1S/C21H25N3O6S/c1-4-28-13-14-29-16-9-11-17(12-10-16)31(25,26)24-20(21-22-15(2)30-23-21)18-7-5-6-8-19(18)27-3/h5-12,20,24H,4,13-14H2,1-3H3. The fourth-order valence-corrected chi connectivity index (χ4v) is 4.07. The zero-order valence-corrected chi connectivity index (χ0v) is 18.4. The fraction of sp³-hybridized carbons (Fsp3) is 0.333. The number of nitrogens with one attached hydrogen (secondary N) is 1. The Hall–Kier alpha value is -2.95. The first-order chi connectivity index (χ1) is 14.9. The highest BCUT2D eigenvalue weighted by atomic mass is 32.2. The summed E-state index contributed by atoms with van der Waals surface area (Å²) in [5.41, 5.74) is 0.560. The van der Waals surface area contributed by atoms with Gasteiger partial charge in [-0.25, -0.2) is 8.42 Å². The van der Waals surface area contributed by atoms with Crippen molar-refractivity contribution in [3.05, 3.63) is 65.8 Å². The highest BCUT2D eigenvalue weighted by Crippen LogP contribution is 2.30. The summed E-state index contributed by atoms with van der Waals surface area (Å²) < 4.78 is 50.1. The Kier molecular flexibility index (Phi) is 7.61. The molecule has 0 aliphatic rings. The Morgan fingerprint density at radius 1 is 1.10 bits per heavy atom. The molecule has 31 heavy (non-hydrogen) atoms. The number of aryl methyl sites for hydroxylation is 1. The van der Waals surface area contributed by atoms with Crippen molar-refractivity contribution >= 4 is 10.0 Å². The van der Waals surface area contributed by atoms with E-state index in [1.54, 1.807) is 43.3 Å². The van der Waals surface area contributed by atoms with Crippen molar-refractivity contribution in [2.24, 2.45) is 0 Å². The van der Waals surface area contributed by atoms with Gasteiger partial charge in [0.2, 0.25) is 15.9 Å². The van der Waals surface area contributed by atoms with Crippen molar-refractivity contribution in [1.29, 1.82) is 0 Å². The lowest BCUT2D eigenvalue weighted by Crippen LogP contribution is -2.30. The normalized spacial score (nSPS) is 12.5. The number of sulfonamides is 1. The Morgan fingerprint density at radius 2 is 1.84 bits per heavy atom. The molecule has 0 bridgehead atoms. The van der Waals surface area contributed by atoms with Gasteiger partial charge in [-0.15, -0.1) is 0 Å². The van der Waals surface area contributed by atoms with Crippen LogP contribution in [0.1, 0.15) is 30.2 Å². The quantitative estimate of drug-likeness (QED) is 0.447. The average Bonchev–Trinajstić information content (AvgIpc) is 3.21. The van der Waals surface area contributed by atoms with Crippen LogP contribution in [-0.2, 0) is 14.8 Å². The van der Waals surface area contributed by atoms with E-state index in [2.05, 4.69) is 14.9 Å². The van der Waals surface area contributed by atoms with Gasteiger partial charge in [-0.3, -0.25) is 0 Å². The van der Waals surface area contributed by atoms with E-state index in [0.717, 1.165) is 0 Å². The lowest BCUT2D eigenvalue weighted by molar-refractivity contribution is 0.110. The van der Waals surface area contributed by atoms with Crippen molar-refractivity contribution in [2.75, 3.05) is 26.9 Å². The maximum atomic E-state index is 13.1. The topological polar surface area (TPSA) is 113 Å². The van der Waals surface area contributed by atoms with Crippen LogP contribution >= 0.6 is 0 Å². The molecule has 1 unspecified atom stereocenters. The predicted molar refractivity (Wildman–Crippen MR) is 113 cm³/mol. The van der Waals surface area contributed by atoms with Gasteiger partial charge >= 0.3 is 0 Å². The fourth-order valence-electron chi connectivity index (χ4n) is 2.89. The molecule has 166 valence electrons. The van der Waals surface area contributed by atoms with E-state index in [4.69, 9.17) is 18.7 Å². The summed E-state index contributed by atoms with van der Waals surface area (Å²) in [4.78, 5) is 4.29. The maximum Gasteiger partial charge on any atom is 0.241 e. The van der Waals surface area contributed by atoms with Crippen molar-refractivity contribution < 1.29 is 27.2 Å². The summed E-state index contributed by atoms with van der Waals surface area (Å²) in [5, 5.41) is 3.91. The van der Waals surface area contributed by atoms with Gasteiger partial charge in [-0.1, -0.05) is 23.4 Å². The number of rotatable bonds is 11. The number of benzene rings is 2. The average molecular weight is 448 g/mol. The molecule has 3 rings (SSSR count). The van der Waals surface area contributed by atoms with Crippen LogP contribution in [-0.4, -0.2) is 45.5 Å². The first-order valence-electron chi connectivity index (χ1n) is 9.70. The Morgan fingerprint density at radius 3 is 2.48 bits per heavy atom. The molecule has 9 nitrogen and oxygen atoms in total. The summed E-state index contributed by atoms with van der Waals surface area (Å²) >= 11 is 0. The minimum absolute atomic E-state index is 0.0739. The third-order valence-electron chi connectivity index (χ3n) is 4.36. The van der Waals surface area contributed by atoms with Gasteiger partial charge in [0.05, 0.1) is 18.6 Å². The van der Waals surface area contributed by atoms with Crippen LogP contribution in [0.3, 0.4) is 0 Å². The summed E-state index contributed by atoms with van der Waals surface area (Å²) in [5.74, 6) is 1.55. The second kappa shape index (κ2) is 10.4. The predicted octanol–water partition coefficient (Wildman–Crippen LogP) is 2.87. The molecule has 2 aromatic carbocycles. The molecule has 0 amide bonds. The van der Waals surface area contributed by atoms with Crippen LogP contribution in [0.2, 0.25) is 0 Å². The van der Waals surface area contributed by atoms with E-state index >= 15 is 0 Å². The van der Waals surface area contributed by atoms with Gasteiger partial charge in [-0.2, -0.15) is 9.71 Å². The minimum atomic E-state index is -3.92. The molecular weight excluding hydrogens is 422 g/mol. The molecule has 0 spiro atoms. The molecule has 0 saturated carbocycles. The van der Waals surface area contributed by atoms with Gasteiger partial charge < -0.3 is 18.7 Å². The number of hydrogen-bond donors (Lipinski definition) is 1. The van der Waals surface area contributed by atoms with Crippen molar-refractivity contribution in [1.82, 2.24) is 14.9 Å². The van der Waals surface area contributed by atoms with Gasteiger partial charge in [0.1, 0.15) is 24.1 Å². The first-order valence-corrected chi connectivity index (χ1v) is 11.2. The van der Waals surface area contributed by atoms with Crippen molar-refractivity contribution in [3.63, 3.8) is 0 Å². The zero-order chi connectivity index (χ0) is 22.3. The van der Waals surface area contributed by atoms with E-state index < -0.39 is 16.1 Å². The van der Waals surface area contributed by atoms with E-state index in [-0.39, 0.29) is 10.7 Å². The van der Waals surface area contributed by atoms with Crippen LogP contribution in [0.5, 0.6) is 11.5 Å². The van der Waals surface area contributed by atoms with Crippen molar-refractivity contribution in [3.8, 4) is 11.5 Å². The van der Waals surface area contributed by atoms with Gasteiger partial charge in [-0.05, 0) is 37.3 Å². The van der Waals surface area contributed by atoms with Crippen LogP contribution in [0.15, 0.2) is 57.9 Å². The van der Waals surface area contributed by atoms with Gasteiger partial charge in [0.25, 0.3) is 0 Å². The molecule has 0 saturated heterocycles. The lowest BCUT2D eigenvalue weighted by Gasteiger charge is -2.18. The van der Waals surface area contributed by atoms with Crippen LogP contribution in [0.25, 0.3) is 0 Å². The Labute approximate surface area is 181 Å². The zero-order valence-electron chi connectivity index (χ0n) is 17.6. The molecule has 1 aromatic heterocycles. The van der Waals surface area contributed by atoms with Gasteiger partial charge in [0.15, 0.2) is 5.82 Å². The molecule has 1 heterocycles. The second-order valence-electron chi connectivity index (χ2n) is 6.48. The molecular formula is C21H25N3O6S. The highest BCUT2D eigenvalue weighted by molar-refractivity contribution is 7.89. The largest absolute Gasteiger partial charge is 0.496 e. The molecule has 1 atom stereocenters. The number of nitrogens with zero attached hydrogens (tertiary/aromatic N) is 2. The van der Waals surface area contributed by atoms with E-state index in [1.165, 1.54) is 19.2 Å². The van der Waals surface area contributed by atoms with Crippen molar-refractivity contribution in [2.45, 2.75) is 24.8 Å². The molecule has 0 aliphatic carbocycles. The van der Waals surface area contributed by atoms with E-state index in [1.807, 2.05) is 6.92 Å². The number of aromatic nitrogens is 2. The summed E-state index contributed by atoms with van der Waals surface area (Å²) in [6, 6.07) is 12.3. The Bertz CT molecular complexity index is 1080. The number of ether oxygens (including phenoxy) is 3. The summed E-state index contributed by atoms with van der Waals surface area (Å²) in [7, 11) is -2.41. The maximum absolute atomic E-state index is 13.1. The molecule has 0 aliphatic heterocycles.